The van der Waals surface area contributed by atoms with E-state index >= 15 is 0 Å². The lowest BCUT2D eigenvalue weighted by molar-refractivity contribution is 0.420. The molecule has 14 heavy (non-hydrogen) atoms. The predicted octanol–water partition coefficient (Wildman–Crippen LogP) is 3.50. The van der Waals surface area contributed by atoms with Gasteiger partial charge < -0.3 is 0 Å². The van der Waals surface area contributed by atoms with E-state index in [1.54, 1.807) is 10.8 Å². The highest BCUT2D eigenvalue weighted by molar-refractivity contribution is 6.88. The van der Waals surface area contributed by atoms with Crippen molar-refractivity contribution in [2.75, 3.05) is 0 Å². The Hall–Kier alpha value is -0.563. The number of hydrogen-bond donors (Lipinski definition) is 0. The maximum Gasteiger partial charge on any atom is 0.0776 e. The molecule has 0 N–H and O–H groups in total. The zero-order valence-corrected chi connectivity index (χ0v) is 10.5. The molecule has 1 fully saturated rings. The van der Waals surface area contributed by atoms with Gasteiger partial charge in [0.05, 0.1) is 8.07 Å². The first-order chi connectivity index (χ1) is 6.57. The van der Waals surface area contributed by atoms with Gasteiger partial charge in [0.15, 0.2) is 0 Å². The smallest absolute Gasteiger partial charge is 0.0656 e. The molecule has 0 bridgehead atoms. The number of benzene rings is 1. The van der Waals surface area contributed by atoms with E-state index in [9.17, 15) is 0 Å². The van der Waals surface area contributed by atoms with Crippen molar-refractivity contribution in [3.63, 3.8) is 0 Å². The lowest BCUT2D eigenvalue weighted by atomic mass is 9.80. The normalized spacial score (nSPS) is 17.9. The summed E-state index contributed by atoms with van der Waals surface area (Å²) >= 11 is 0. The van der Waals surface area contributed by atoms with Crippen molar-refractivity contribution in [2.24, 2.45) is 0 Å². The minimum absolute atomic E-state index is 0.881. The maximum atomic E-state index is 2.47. The zero-order valence-electron chi connectivity index (χ0n) is 9.51. The van der Waals surface area contributed by atoms with Crippen molar-refractivity contribution in [3.05, 3.63) is 29.8 Å². The van der Waals surface area contributed by atoms with E-state index in [1.165, 1.54) is 19.3 Å². The lowest BCUT2D eigenvalue weighted by Gasteiger charge is -2.27. The second-order valence-electron chi connectivity index (χ2n) is 5.50. The maximum absolute atomic E-state index is 2.47. The van der Waals surface area contributed by atoms with Crippen molar-refractivity contribution in [1.29, 1.82) is 0 Å². The summed E-state index contributed by atoms with van der Waals surface area (Å²) in [6, 6.07) is 9.35. The van der Waals surface area contributed by atoms with E-state index in [2.05, 4.69) is 43.9 Å². The van der Waals surface area contributed by atoms with Crippen LogP contribution in [0, 0.1) is 0 Å². The van der Waals surface area contributed by atoms with Crippen LogP contribution < -0.4 is 5.19 Å². The number of hydrogen-bond acceptors (Lipinski definition) is 0. The summed E-state index contributed by atoms with van der Waals surface area (Å²) in [6.45, 7) is 7.27. The van der Waals surface area contributed by atoms with Crippen LogP contribution in [0.15, 0.2) is 24.3 Å². The van der Waals surface area contributed by atoms with Crippen molar-refractivity contribution >= 4 is 13.3 Å². The minimum Gasteiger partial charge on any atom is -0.0656 e. The van der Waals surface area contributed by atoms with Gasteiger partial charge in [0.1, 0.15) is 0 Å². The molecule has 0 heterocycles. The lowest BCUT2D eigenvalue weighted by Crippen LogP contribution is -2.37. The summed E-state index contributed by atoms with van der Waals surface area (Å²) in [6.07, 6.45) is 4.26. The van der Waals surface area contributed by atoms with Crippen LogP contribution >= 0.6 is 0 Å². The van der Waals surface area contributed by atoms with Crippen LogP contribution in [0.4, 0.5) is 0 Å². The number of rotatable bonds is 2. The van der Waals surface area contributed by atoms with Crippen LogP contribution in [0.5, 0.6) is 0 Å². The standard InChI is InChI=1S/C13H20Si/c1-14(2,3)13-9-5-8-12(10-13)11-6-4-7-11/h5,8-11H,4,6-7H2,1-3H3. The third-order valence-corrected chi connectivity index (χ3v) is 5.37. The highest BCUT2D eigenvalue weighted by Crippen LogP contribution is 2.35. The summed E-state index contributed by atoms with van der Waals surface area (Å²) in [5, 5.41) is 1.61. The quantitative estimate of drug-likeness (QED) is 0.647. The zero-order chi connectivity index (χ0) is 10.2. The van der Waals surface area contributed by atoms with Gasteiger partial charge in [-0.15, -0.1) is 0 Å². The Morgan fingerprint density at radius 1 is 1.14 bits per heavy atom. The van der Waals surface area contributed by atoms with Gasteiger partial charge in [-0.2, -0.15) is 0 Å². The molecule has 0 amide bonds. The Bertz CT molecular complexity index is 318. The molecule has 76 valence electrons. The van der Waals surface area contributed by atoms with Crippen LogP contribution in [-0.2, 0) is 0 Å². The molecule has 1 aromatic rings. The summed E-state index contributed by atoms with van der Waals surface area (Å²) in [5.74, 6) is 0.881. The average molecular weight is 204 g/mol. The summed E-state index contributed by atoms with van der Waals surface area (Å²) in [5.41, 5.74) is 1.59. The molecule has 0 nitrogen and oxygen atoms in total. The average Bonchev–Trinajstić information content (AvgIpc) is 2.00. The van der Waals surface area contributed by atoms with Gasteiger partial charge in [-0.05, 0) is 24.3 Å². The fourth-order valence-corrected chi connectivity index (χ4v) is 3.20. The van der Waals surface area contributed by atoms with Crippen molar-refractivity contribution in [2.45, 2.75) is 44.8 Å². The molecule has 1 aliphatic rings. The van der Waals surface area contributed by atoms with Crippen molar-refractivity contribution < 1.29 is 0 Å². The van der Waals surface area contributed by atoms with Gasteiger partial charge in [0.2, 0.25) is 0 Å². The molecule has 0 aromatic heterocycles. The third-order valence-electron chi connectivity index (χ3n) is 3.33. The molecule has 0 atom stereocenters. The first kappa shape index (κ1) is 9.97. The first-order valence-electron chi connectivity index (χ1n) is 5.68. The summed E-state index contributed by atoms with van der Waals surface area (Å²) in [7, 11) is -1.10. The molecule has 1 aliphatic carbocycles. The van der Waals surface area contributed by atoms with E-state index in [0.717, 1.165) is 5.92 Å². The SMILES string of the molecule is C[Si](C)(C)c1cccc(C2CCC2)c1. The Balaban J connectivity index is 2.26. The Kier molecular flexibility index (Phi) is 2.52. The monoisotopic (exact) mass is 204 g/mol. The molecular formula is C13H20Si. The molecule has 1 aromatic carbocycles. The molecule has 0 saturated heterocycles. The van der Waals surface area contributed by atoms with Crippen LogP contribution in [0.2, 0.25) is 19.6 Å². The third kappa shape index (κ3) is 1.93. The van der Waals surface area contributed by atoms with Gasteiger partial charge in [-0.25, -0.2) is 0 Å². The van der Waals surface area contributed by atoms with Gasteiger partial charge in [0, 0.05) is 0 Å². The first-order valence-corrected chi connectivity index (χ1v) is 9.18. The molecule has 0 aliphatic heterocycles. The van der Waals surface area contributed by atoms with Gasteiger partial charge in [-0.1, -0.05) is 55.5 Å². The van der Waals surface area contributed by atoms with Crippen LogP contribution in [-0.4, -0.2) is 8.07 Å². The van der Waals surface area contributed by atoms with Gasteiger partial charge in [-0.3, -0.25) is 0 Å². The Labute approximate surface area is 88.4 Å². The van der Waals surface area contributed by atoms with Crippen molar-refractivity contribution in [3.8, 4) is 0 Å². The predicted molar refractivity (Wildman–Crippen MR) is 66.0 cm³/mol. The largest absolute Gasteiger partial charge is 0.0776 e. The summed E-state index contributed by atoms with van der Waals surface area (Å²) < 4.78 is 0. The second-order valence-corrected chi connectivity index (χ2v) is 10.6. The fourth-order valence-electron chi connectivity index (χ4n) is 2.00. The molecular weight excluding hydrogens is 184 g/mol. The molecule has 0 unspecified atom stereocenters. The Morgan fingerprint density at radius 3 is 2.36 bits per heavy atom. The topological polar surface area (TPSA) is 0 Å². The van der Waals surface area contributed by atoms with Crippen LogP contribution in [0.25, 0.3) is 0 Å². The van der Waals surface area contributed by atoms with Crippen LogP contribution in [0.3, 0.4) is 0 Å². The van der Waals surface area contributed by atoms with Gasteiger partial charge in [0.25, 0.3) is 0 Å². The molecule has 0 spiro atoms. The molecule has 2 rings (SSSR count). The fraction of sp³-hybridized carbons (Fsp3) is 0.538. The van der Waals surface area contributed by atoms with Gasteiger partial charge >= 0.3 is 0 Å². The van der Waals surface area contributed by atoms with E-state index in [0.29, 0.717) is 0 Å². The molecule has 0 radical (unpaired) electrons. The second kappa shape index (κ2) is 3.54. The van der Waals surface area contributed by atoms with E-state index in [-0.39, 0.29) is 0 Å². The Morgan fingerprint density at radius 2 is 1.86 bits per heavy atom. The molecule has 1 heteroatoms. The summed E-state index contributed by atoms with van der Waals surface area (Å²) in [4.78, 5) is 0. The van der Waals surface area contributed by atoms with E-state index < -0.39 is 8.07 Å². The molecule has 1 saturated carbocycles. The highest BCUT2D eigenvalue weighted by Gasteiger charge is 2.22. The highest BCUT2D eigenvalue weighted by atomic mass is 28.3. The minimum atomic E-state index is -1.10. The van der Waals surface area contributed by atoms with Crippen molar-refractivity contribution in [1.82, 2.24) is 0 Å². The van der Waals surface area contributed by atoms with Crippen LogP contribution in [0.1, 0.15) is 30.7 Å². The van der Waals surface area contributed by atoms with E-state index in [1.807, 2.05) is 0 Å². The van der Waals surface area contributed by atoms with E-state index in [4.69, 9.17) is 0 Å².